The molecule has 0 saturated carbocycles. The van der Waals surface area contributed by atoms with Gasteiger partial charge >= 0.3 is 0 Å². The van der Waals surface area contributed by atoms with Gasteiger partial charge in [-0.05, 0) is 66.8 Å². The zero-order valence-corrected chi connectivity index (χ0v) is 22.3. The Bertz CT molecular complexity index is 1580. The number of carbonyl (C=O) groups is 1. The summed E-state index contributed by atoms with van der Waals surface area (Å²) in [5, 5.41) is 6.18. The normalized spacial score (nSPS) is 13.8. The molecule has 0 spiro atoms. The number of carbonyl (C=O) groups excluding carboxylic acids is 1. The second-order valence-corrected chi connectivity index (χ2v) is 9.52. The number of rotatable bonds is 12. The van der Waals surface area contributed by atoms with Crippen LogP contribution in [0.3, 0.4) is 0 Å². The van der Waals surface area contributed by atoms with Crippen molar-refractivity contribution in [1.82, 2.24) is 30.2 Å². The fourth-order valence-corrected chi connectivity index (χ4v) is 4.72. The van der Waals surface area contributed by atoms with E-state index in [1.807, 2.05) is 36.4 Å². The number of fused-ring (bicyclic) bond motifs is 1. The minimum Gasteiger partial charge on any atom is -0.383 e. The second kappa shape index (κ2) is 12.8. The van der Waals surface area contributed by atoms with Gasteiger partial charge in [0.1, 0.15) is 11.3 Å². The Kier molecular flexibility index (Phi) is 8.58. The van der Waals surface area contributed by atoms with Crippen molar-refractivity contribution in [2.45, 2.75) is 31.8 Å². The Morgan fingerprint density at radius 1 is 1.10 bits per heavy atom. The lowest BCUT2D eigenvalue weighted by atomic mass is 10.0. The van der Waals surface area contributed by atoms with Crippen LogP contribution in [0.4, 0.5) is 5.82 Å². The van der Waals surface area contributed by atoms with E-state index in [0.29, 0.717) is 31.1 Å². The monoisotopic (exact) mass is 531 g/mol. The Hall–Kier alpha value is -4.82. The predicted molar refractivity (Wildman–Crippen MR) is 162 cm³/mol. The first kappa shape index (κ1) is 26.8. The molecule has 0 aliphatic heterocycles. The van der Waals surface area contributed by atoms with Gasteiger partial charge in [-0.1, -0.05) is 48.6 Å². The number of pyridine rings is 2. The van der Waals surface area contributed by atoms with Crippen LogP contribution < -0.4 is 16.4 Å². The molecule has 1 atom stereocenters. The molecule has 5 rings (SSSR count). The van der Waals surface area contributed by atoms with Gasteiger partial charge in [-0.3, -0.25) is 9.36 Å². The van der Waals surface area contributed by atoms with Crippen LogP contribution in [-0.4, -0.2) is 38.5 Å². The summed E-state index contributed by atoms with van der Waals surface area (Å²) in [4.78, 5) is 24.8. The number of benzene rings is 1. The molecule has 3 aromatic heterocycles. The third kappa shape index (κ3) is 6.08. The Balaban J connectivity index is 1.48. The molecule has 3 heterocycles. The maximum absolute atomic E-state index is 10.5. The molecule has 8 heteroatoms. The smallest absolute Gasteiger partial charge is 0.207 e. The van der Waals surface area contributed by atoms with E-state index in [0.717, 1.165) is 58.5 Å². The van der Waals surface area contributed by atoms with Crippen LogP contribution in [0, 0.1) is 0 Å². The van der Waals surface area contributed by atoms with Crippen LogP contribution >= 0.6 is 0 Å². The average Bonchev–Trinajstić information content (AvgIpc) is 3.37. The Labute approximate surface area is 234 Å². The van der Waals surface area contributed by atoms with Gasteiger partial charge in [-0.25, -0.2) is 15.0 Å². The van der Waals surface area contributed by atoms with Crippen molar-refractivity contribution in [3.63, 3.8) is 0 Å². The van der Waals surface area contributed by atoms with Crippen molar-refractivity contribution >= 4 is 29.0 Å². The maximum Gasteiger partial charge on any atom is 0.207 e. The van der Waals surface area contributed by atoms with Gasteiger partial charge in [0.15, 0.2) is 11.5 Å². The van der Waals surface area contributed by atoms with Crippen molar-refractivity contribution in [3.05, 3.63) is 109 Å². The van der Waals surface area contributed by atoms with Gasteiger partial charge in [0.2, 0.25) is 6.41 Å². The van der Waals surface area contributed by atoms with Gasteiger partial charge in [0.05, 0.1) is 11.3 Å². The van der Waals surface area contributed by atoms with E-state index in [9.17, 15) is 4.79 Å². The van der Waals surface area contributed by atoms with Gasteiger partial charge in [-0.2, -0.15) is 0 Å². The van der Waals surface area contributed by atoms with Crippen LogP contribution in [0.5, 0.6) is 0 Å². The third-order valence-electron chi connectivity index (χ3n) is 6.75. The summed E-state index contributed by atoms with van der Waals surface area (Å²) >= 11 is 0. The summed E-state index contributed by atoms with van der Waals surface area (Å²) in [5.41, 5.74) is 12.7. The van der Waals surface area contributed by atoms with Crippen LogP contribution in [0.2, 0.25) is 0 Å². The Morgan fingerprint density at radius 2 is 1.98 bits per heavy atom. The van der Waals surface area contributed by atoms with E-state index < -0.39 is 0 Å². The van der Waals surface area contributed by atoms with E-state index in [4.69, 9.17) is 15.7 Å². The van der Waals surface area contributed by atoms with Crippen LogP contribution in [0.25, 0.3) is 33.8 Å². The number of hydrogen-bond donors (Lipinski definition) is 3. The maximum atomic E-state index is 10.5. The van der Waals surface area contributed by atoms with E-state index in [2.05, 4.69) is 75.3 Å². The topological polar surface area (TPSA) is 111 Å². The quantitative estimate of drug-likeness (QED) is 0.133. The molecule has 4 aromatic rings. The summed E-state index contributed by atoms with van der Waals surface area (Å²) < 4.78 is 2.06. The molecule has 1 amide bonds. The first-order valence-electron chi connectivity index (χ1n) is 13.4. The van der Waals surface area contributed by atoms with Gasteiger partial charge in [0, 0.05) is 31.0 Å². The zero-order chi connectivity index (χ0) is 27.7. The lowest BCUT2D eigenvalue weighted by Gasteiger charge is -2.15. The van der Waals surface area contributed by atoms with Crippen molar-refractivity contribution in [2.75, 3.05) is 12.3 Å². The van der Waals surface area contributed by atoms with Crippen molar-refractivity contribution < 1.29 is 4.79 Å². The number of amides is 1. The molecule has 4 N–H and O–H groups in total. The van der Waals surface area contributed by atoms with Crippen molar-refractivity contribution in [2.24, 2.45) is 0 Å². The van der Waals surface area contributed by atoms with E-state index >= 15 is 0 Å². The van der Waals surface area contributed by atoms with Crippen molar-refractivity contribution in [3.8, 4) is 17.1 Å². The molecule has 1 aliphatic carbocycles. The SMILES string of the molecule is C=CCC(C=CCNC=O)NCc1ccc(-n2c(-c3cccnc3N)nc3ccc(C4=CCCC=C4)nc32)cc1. The molecule has 202 valence electrons. The largest absolute Gasteiger partial charge is 0.383 e. The molecule has 40 heavy (non-hydrogen) atoms. The summed E-state index contributed by atoms with van der Waals surface area (Å²) in [6, 6.07) is 16.3. The van der Waals surface area contributed by atoms with Crippen LogP contribution in [0.1, 0.15) is 30.5 Å². The number of anilines is 1. The minimum atomic E-state index is 0.120. The summed E-state index contributed by atoms with van der Waals surface area (Å²) in [7, 11) is 0. The van der Waals surface area contributed by atoms with Gasteiger partial charge in [0.25, 0.3) is 0 Å². The molecule has 0 bridgehead atoms. The number of aromatic nitrogens is 4. The number of imidazole rings is 1. The fourth-order valence-electron chi connectivity index (χ4n) is 4.72. The summed E-state index contributed by atoms with van der Waals surface area (Å²) in [6.07, 6.45) is 17.6. The number of nitrogens with zero attached hydrogens (tertiary/aromatic N) is 4. The Morgan fingerprint density at radius 3 is 2.73 bits per heavy atom. The number of nitrogens with one attached hydrogen (secondary N) is 2. The molecule has 1 aliphatic rings. The van der Waals surface area contributed by atoms with Crippen LogP contribution in [-0.2, 0) is 11.3 Å². The average molecular weight is 532 g/mol. The minimum absolute atomic E-state index is 0.120. The first-order valence-corrected chi connectivity index (χ1v) is 13.4. The van der Waals surface area contributed by atoms with Crippen molar-refractivity contribution in [1.29, 1.82) is 0 Å². The molecule has 8 nitrogen and oxygen atoms in total. The summed E-state index contributed by atoms with van der Waals surface area (Å²) in [5.74, 6) is 1.12. The van der Waals surface area contributed by atoms with E-state index in [-0.39, 0.29) is 6.04 Å². The fraction of sp³-hybridized carbons (Fsp3) is 0.188. The van der Waals surface area contributed by atoms with Gasteiger partial charge in [-0.15, -0.1) is 6.58 Å². The summed E-state index contributed by atoms with van der Waals surface area (Å²) in [6.45, 7) is 5.04. The standard InChI is InChI=1S/C32H33N7O/c1-2-8-25(11-6-19-34-22-40)36-21-23-13-15-26(16-14-23)39-31(27-12-7-20-35-30(27)33)38-29-18-17-28(37-32(29)39)24-9-4-3-5-10-24/h2,4,6-7,9-18,20,22,25,36H,1,3,5,8,19,21H2,(H2,33,35)(H,34,40). The highest BCUT2D eigenvalue weighted by molar-refractivity contribution is 5.85. The predicted octanol–water partition coefficient (Wildman–Crippen LogP) is 5.13. The molecule has 0 saturated heterocycles. The number of hydrogen-bond acceptors (Lipinski definition) is 6. The zero-order valence-electron chi connectivity index (χ0n) is 22.3. The number of nitrogens with two attached hydrogens (primary N) is 1. The van der Waals surface area contributed by atoms with Crippen LogP contribution in [0.15, 0.2) is 97.8 Å². The highest BCUT2D eigenvalue weighted by Gasteiger charge is 2.19. The molecular formula is C32H33N7O. The van der Waals surface area contributed by atoms with E-state index in [1.54, 1.807) is 6.20 Å². The molecular weight excluding hydrogens is 498 g/mol. The first-order chi connectivity index (χ1) is 19.7. The molecule has 0 radical (unpaired) electrons. The highest BCUT2D eigenvalue weighted by Crippen LogP contribution is 2.31. The molecule has 1 aromatic carbocycles. The molecule has 0 fully saturated rings. The number of nitrogen functional groups attached to an aromatic ring is 1. The van der Waals surface area contributed by atoms with E-state index in [1.165, 1.54) is 0 Å². The molecule has 1 unspecified atom stereocenters. The van der Waals surface area contributed by atoms with Gasteiger partial charge < -0.3 is 16.4 Å². The number of allylic oxidation sites excluding steroid dienone is 4. The third-order valence-corrected chi connectivity index (χ3v) is 6.75. The lowest BCUT2D eigenvalue weighted by molar-refractivity contribution is -0.109. The lowest BCUT2D eigenvalue weighted by Crippen LogP contribution is -2.26. The second-order valence-electron chi connectivity index (χ2n) is 9.52. The highest BCUT2D eigenvalue weighted by atomic mass is 16.1.